The zero-order valence-electron chi connectivity index (χ0n) is 12.5. The van der Waals surface area contributed by atoms with E-state index in [9.17, 15) is 5.11 Å². The molecule has 0 aliphatic carbocycles. The molecule has 0 radical (unpaired) electrons. The average molecular weight is 288 g/mol. The molecule has 5 heteroatoms. The Balaban J connectivity index is 1.89. The minimum Gasteiger partial charge on any atom is -0.492 e. The van der Waals surface area contributed by atoms with E-state index in [4.69, 9.17) is 9.26 Å². The first kappa shape index (κ1) is 14.1. The van der Waals surface area contributed by atoms with Crippen molar-refractivity contribution in [1.29, 1.82) is 0 Å². The highest BCUT2D eigenvalue weighted by Crippen LogP contribution is 2.37. The number of ether oxygens (including phenoxy) is 1. The van der Waals surface area contributed by atoms with Crippen LogP contribution in [-0.4, -0.2) is 28.0 Å². The Kier molecular flexibility index (Phi) is 3.68. The number of nitrogens with zero attached hydrogens (tertiary/aromatic N) is 2. The Bertz CT molecular complexity index is 613. The van der Waals surface area contributed by atoms with Gasteiger partial charge in [0.25, 0.3) is 0 Å². The number of rotatable bonds is 4. The van der Waals surface area contributed by atoms with Crippen molar-refractivity contribution in [3.05, 3.63) is 41.5 Å². The Morgan fingerprint density at radius 1 is 1.24 bits per heavy atom. The molecule has 0 fully saturated rings. The standard InChI is InChI=1S/C16H20N2O3/c1-9(2)14(10(3)19)16-17-15(18-21-16)12-8-20-13-7-5-4-6-11(12)13/h4-7,9-10,12,14,19H,8H2,1-3H3. The number of aliphatic hydroxyl groups is 1. The highest BCUT2D eigenvalue weighted by Gasteiger charge is 2.32. The van der Waals surface area contributed by atoms with Crippen LogP contribution in [0, 0.1) is 5.92 Å². The maximum absolute atomic E-state index is 9.92. The van der Waals surface area contributed by atoms with Crippen LogP contribution in [0.1, 0.15) is 49.9 Å². The number of aliphatic hydroxyl groups excluding tert-OH is 1. The fourth-order valence-corrected chi connectivity index (χ4v) is 2.95. The van der Waals surface area contributed by atoms with E-state index in [-0.39, 0.29) is 17.8 Å². The molecular weight excluding hydrogens is 268 g/mol. The van der Waals surface area contributed by atoms with E-state index in [0.29, 0.717) is 18.3 Å². The van der Waals surface area contributed by atoms with Gasteiger partial charge in [-0.3, -0.25) is 0 Å². The van der Waals surface area contributed by atoms with Crippen molar-refractivity contribution in [1.82, 2.24) is 10.1 Å². The molecular formula is C16H20N2O3. The van der Waals surface area contributed by atoms with Crippen LogP contribution in [0.4, 0.5) is 0 Å². The lowest BCUT2D eigenvalue weighted by molar-refractivity contribution is 0.120. The second-order valence-electron chi connectivity index (χ2n) is 5.90. The lowest BCUT2D eigenvalue weighted by Gasteiger charge is -2.19. The van der Waals surface area contributed by atoms with Gasteiger partial charge >= 0.3 is 0 Å². The number of para-hydroxylation sites is 1. The Hall–Kier alpha value is -1.88. The highest BCUT2D eigenvalue weighted by atomic mass is 16.5. The average Bonchev–Trinajstić information content (AvgIpc) is 3.04. The van der Waals surface area contributed by atoms with Gasteiger partial charge < -0.3 is 14.4 Å². The third kappa shape index (κ3) is 2.53. The molecule has 0 bridgehead atoms. The topological polar surface area (TPSA) is 68.4 Å². The largest absolute Gasteiger partial charge is 0.492 e. The quantitative estimate of drug-likeness (QED) is 0.936. The van der Waals surface area contributed by atoms with Gasteiger partial charge in [-0.1, -0.05) is 37.2 Å². The molecule has 1 aliphatic rings. The molecule has 1 aliphatic heterocycles. The van der Waals surface area contributed by atoms with Crippen molar-refractivity contribution < 1.29 is 14.4 Å². The monoisotopic (exact) mass is 288 g/mol. The van der Waals surface area contributed by atoms with Gasteiger partial charge in [-0.2, -0.15) is 4.98 Å². The third-order valence-electron chi connectivity index (χ3n) is 3.99. The SMILES string of the molecule is CC(C)C(c1nc(C2COc3ccccc32)no1)C(C)O. The number of hydrogen-bond acceptors (Lipinski definition) is 5. The summed E-state index contributed by atoms with van der Waals surface area (Å²) in [6.07, 6.45) is -0.523. The number of aromatic nitrogens is 2. The Morgan fingerprint density at radius 3 is 2.71 bits per heavy atom. The second kappa shape index (κ2) is 5.48. The highest BCUT2D eigenvalue weighted by molar-refractivity contribution is 5.42. The van der Waals surface area contributed by atoms with E-state index < -0.39 is 6.10 Å². The van der Waals surface area contributed by atoms with Crippen LogP contribution in [0.5, 0.6) is 5.75 Å². The molecule has 3 unspecified atom stereocenters. The summed E-state index contributed by atoms with van der Waals surface area (Å²) in [6, 6.07) is 7.90. The van der Waals surface area contributed by atoms with E-state index >= 15 is 0 Å². The molecule has 1 aromatic carbocycles. The minimum atomic E-state index is -0.523. The van der Waals surface area contributed by atoms with Crippen LogP contribution in [0.15, 0.2) is 28.8 Å². The maximum Gasteiger partial charge on any atom is 0.232 e. The van der Waals surface area contributed by atoms with E-state index in [1.54, 1.807) is 6.92 Å². The fourth-order valence-electron chi connectivity index (χ4n) is 2.95. The van der Waals surface area contributed by atoms with E-state index in [0.717, 1.165) is 11.3 Å². The molecule has 0 saturated heterocycles. The second-order valence-corrected chi connectivity index (χ2v) is 5.90. The van der Waals surface area contributed by atoms with Gasteiger partial charge in [-0.25, -0.2) is 0 Å². The van der Waals surface area contributed by atoms with Crippen molar-refractivity contribution in [2.45, 2.75) is 38.7 Å². The van der Waals surface area contributed by atoms with Gasteiger partial charge in [0.1, 0.15) is 12.4 Å². The van der Waals surface area contributed by atoms with Crippen molar-refractivity contribution in [2.24, 2.45) is 5.92 Å². The summed E-state index contributed by atoms with van der Waals surface area (Å²) in [5.74, 6) is 2.08. The molecule has 5 nitrogen and oxygen atoms in total. The van der Waals surface area contributed by atoms with E-state index in [2.05, 4.69) is 10.1 Å². The van der Waals surface area contributed by atoms with Crippen molar-refractivity contribution in [3.63, 3.8) is 0 Å². The molecule has 21 heavy (non-hydrogen) atoms. The number of hydrogen-bond donors (Lipinski definition) is 1. The van der Waals surface area contributed by atoms with Gasteiger partial charge in [0.2, 0.25) is 5.89 Å². The molecule has 0 spiro atoms. The summed E-state index contributed by atoms with van der Waals surface area (Å²) in [5, 5.41) is 14.0. The first-order valence-corrected chi connectivity index (χ1v) is 7.31. The zero-order valence-corrected chi connectivity index (χ0v) is 12.5. The summed E-state index contributed by atoms with van der Waals surface area (Å²) in [7, 11) is 0. The molecule has 0 saturated carbocycles. The molecule has 3 atom stereocenters. The zero-order chi connectivity index (χ0) is 15.0. The lowest BCUT2D eigenvalue weighted by atomic mass is 9.91. The van der Waals surface area contributed by atoms with Gasteiger partial charge in [0.15, 0.2) is 5.82 Å². The van der Waals surface area contributed by atoms with Crippen LogP contribution >= 0.6 is 0 Å². The van der Waals surface area contributed by atoms with E-state index in [1.165, 1.54) is 0 Å². The smallest absolute Gasteiger partial charge is 0.232 e. The van der Waals surface area contributed by atoms with Crippen LogP contribution in [-0.2, 0) is 0 Å². The lowest BCUT2D eigenvalue weighted by Crippen LogP contribution is -2.20. The first-order valence-electron chi connectivity index (χ1n) is 7.31. The van der Waals surface area contributed by atoms with Gasteiger partial charge in [-0.05, 0) is 18.9 Å². The van der Waals surface area contributed by atoms with Crippen LogP contribution in [0.3, 0.4) is 0 Å². The van der Waals surface area contributed by atoms with Crippen LogP contribution in [0.25, 0.3) is 0 Å². The predicted octanol–water partition coefficient (Wildman–Crippen LogP) is 2.71. The maximum atomic E-state index is 9.92. The van der Waals surface area contributed by atoms with Crippen molar-refractivity contribution in [3.8, 4) is 5.75 Å². The summed E-state index contributed by atoms with van der Waals surface area (Å²) in [6.45, 7) is 6.35. The van der Waals surface area contributed by atoms with Gasteiger partial charge in [0, 0.05) is 5.56 Å². The molecule has 2 heterocycles. The predicted molar refractivity (Wildman–Crippen MR) is 77.3 cm³/mol. The molecule has 3 rings (SSSR count). The van der Waals surface area contributed by atoms with E-state index in [1.807, 2.05) is 38.1 Å². The Morgan fingerprint density at radius 2 is 2.00 bits per heavy atom. The third-order valence-corrected chi connectivity index (χ3v) is 3.99. The van der Waals surface area contributed by atoms with Crippen molar-refractivity contribution >= 4 is 0 Å². The Labute approximate surface area is 123 Å². The van der Waals surface area contributed by atoms with Crippen LogP contribution < -0.4 is 4.74 Å². The molecule has 1 aromatic heterocycles. The summed E-state index contributed by atoms with van der Waals surface area (Å²) in [5.41, 5.74) is 1.09. The normalized spacial score (nSPS) is 20.1. The summed E-state index contributed by atoms with van der Waals surface area (Å²) in [4.78, 5) is 4.52. The molecule has 1 N–H and O–H groups in total. The minimum absolute atomic E-state index is 0.000473. The first-order chi connectivity index (χ1) is 10.1. The van der Waals surface area contributed by atoms with Crippen molar-refractivity contribution in [2.75, 3.05) is 6.61 Å². The van der Waals surface area contributed by atoms with Gasteiger partial charge in [0.05, 0.1) is 17.9 Å². The fraction of sp³-hybridized carbons (Fsp3) is 0.500. The summed E-state index contributed by atoms with van der Waals surface area (Å²) >= 11 is 0. The van der Waals surface area contributed by atoms with Crippen LogP contribution in [0.2, 0.25) is 0 Å². The van der Waals surface area contributed by atoms with Gasteiger partial charge in [-0.15, -0.1) is 0 Å². The molecule has 112 valence electrons. The number of fused-ring (bicyclic) bond motifs is 1. The molecule has 0 amide bonds. The molecule has 2 aromatic rings. The number of benzene rings is 1. The summed E-state index contributed by atoms with van der Waals surface area (Å²) < 4.78 is 11.1.